The molecule has 16 heteroatoms. The summed E-state index contributed by atoms with van der Waals surface area (Å²) in [7, 11) is -4.17. The van der Waals surface area contributed by atoms with Crippen LogP contribution in [0.5, 0.6) is 0 Å². The highest BCUT2D eigenvalue weighted by molar-refractivity contribution is 7.91. The highest BCUT2D eigenvalue weighted by atomic mass is 32.2. The molecule has 1 fully saturated rings. The number of morpholine rings is 1. The van der Waals surface area contributed by atoms with Gasteiger partial charge in [-0.3, -0.25) is 9.78 Å². The molecule has 1 atom stereocenters. The molecule has 2 aromatic heterocycles. The first-order chi connectivity index (χ1) is 20.9. The van der Waals surface area contributed by atoms with Crippen LogP contribution >= 0.6 is 0 Å². The number of fused-ring (bicyclic) bond motifs is 1. The van der Waals surface area contributed by atoms with Crippen molar-refractivity contribution in [2.24, 2.45) is 5.73 Å². The summed E-state index contributed by atoms with van der Waals surface area (Å²) in [5.41, 5.74) is 7.75. The zero-order valence-electron chi connectivity index (χ0n) is 22.8. The van der Waals surface area contributed by atoms with Crippen LogP contribution in [0.1, 0.15) is 11.5 Å². The molecule has 0 bridgehead atoms. The molecular formula is C28H24F4N6O5S. The molecule has 4 heterocycles. The monoisotopic (exact) mass is 632 g/mol. The molecule has 1 amide bonds. The van der Waals surface area contributed by atoms with Gasteiger partial charge in [0.2, 0.25) is 11.7 Å². The van der Waals surface area contributed by atoms with Crippen molar-refractivity contribution in [3.63, 3.8) is 0 Å². The Hall–Kier alpha value is -4.41. The quantitative estimate of drug-likeness (QED) is 0.325. The summed E-state index contributed by atoms with van der Waals surface area (Å²) in [5.74, 6) is -4.03. The second-order valence-corrected chi connectivity index (χ2v) is 12.3. The van der Waals surface area contributed by atoms with Gasteiger partial charge in [-0.1, -0.05) is 29.4 Å². The summed E-state index contributed by atoms with van der Waals surface area (Å²) in [4.78, 5) is 23.9. The molecule has 230 valence electrons. The molecule has 2 aliphatic heterocycles. The smallest absolute Gasteiger partial charge is 0.378 e. The first-order valence-corrected chi connectivity index (χ1v) is 15.0. The number of alkyl halides is 3. The maximum Gasteiger partial charge on any atom is 0.471 e. The Kier molecular flexibility index (Phi) is 7.59. The van der Waals surface area contributed by atoms with Crippen LogP contribution in [0.15, 0.2) is 64.3 Å². The van der Waals surface area contributed by atoms with Crippen molar-refractivity contribution in [2.75, 3.05) is 41.9 Å². The molecule has 11 nitrogen and oxygen atoms in total. The summed E-state index contributed by atoms with van der Waals surface area (Å²) < 4.78 is 90.3. The van der Waals surface area contributed by atoms with Gasteiger partial charge in [0.1, 0.15) is 5.82 Å². The van der Waals surface area contributed by atoms with Gasteiger partial charge in [-0.15, -0.1) is 0 Å². The first-order valence-electron chi connectivity index (χ1n) is 13.3. The third-order valence-electron chi connectivity index (χ3n) is 7.29. The van der Waals surface area contributed by atoms with E-state index < -0.39 is 45.4 Å². The third-order valence-corrected chi connectivity index (χ3v) is 9.08. The second kappa shape index (κ2) is 11.3. The Morgan fingerprint density at radius 3 is 2.43 bits per heavy atom. The van der Waals surface area contributed by atoms with Crippen LogP contribution in [0.3, 0.4) is 0 Å². The van der Waals surface area contributed by atoms with E-state index in [0.717, 1.165) is 16.7 Å². The lowest BCUT2D eigenvalue weighted by Crippen LogP contribution is -2.45. The van der Waals surface area contributed by atoms with Crippen LogP contribution in [0.25, 0.3) is 22.5 Å². The molecule has 0 aliphatic carbocycles. The van der Waals surface area contributed by atoms with Crippen molar-refractivity contribution in [2.45, 2.75) is 23.7 Å². The fraction of sp³-hybridized carbons (Fsp3) is 0.286. The SMILES string of the molecule is N[C@H]1CS(=O)(=O)c2cc(F)c(-c3cncc(N4CCOCC4)c3)cc2N(Cc2ccc(-c3noc(C(F)(F)F)n3)cc2)C1=O. The van der Waals surface area contributed by atoms with Crippen molar-refractivity contribution in [1.29, 1.82) is 0 Å². The average Bonchev–Trinajstić information content (AvgIpc) is 3.50. The van der Waals surface area contributed by atoms with E-state index in [9.17, 15) is 26.4 Å². The van der Waals surface area contributed by atoms with Crippen molar-refractivity contribution in [1.82, 2.24) is 15.1 Å². The fourth-order valence-corrected chi connectivity index (χ4v) is 6.64. The number of hydrogen-bond donors (Lipinski definition) is 1. The lowest BCUT2D eigenvalue weighted by molar-refractivity contribution is -0.159. The van der Waals surface area contributed by atoms with E-state index in [2.05, 4.69) is 19.6 Å². The molecule has 2 N–H and O–H groups in total. The van der Waals surface area contributed by atoms with Gasteiger partial charge >= 0.3 is 12.1 Å². The predicted molar refractivity (Wildman–Crippen MR) is 149 cm³/mol. The Balaban J connectivity index is 1.37. The number of pyridine rings is 1. The summed E-state index contributed by atoms with van der Waals surface area (Å²) in [6, 6.07) is 8.37. The van der Waals surface area contributed by atoms with Gasteiger partial charge in [0.05, 0.1) is 54.0 Å². The normalized spacial score (nSPS) is 18.7. The van der Waals surface area contributed by atoms with Crippen molar-refractivity contribution in [3.8, 4) is 22.5 Å². The number of carbonyl (C=O) groups excluding carboxylic acids is 1. The molecule has 2 aliphatic rings. The zero-order valence-corrected chi connectivity index (χ0v) is 23.6. The van der Waals surface area contributed by atoms with E-state index in [4.69, 9.17) is 10.5 Å². The maximum atomic E-state index is 15.6. The number of halogens is 4. The highest BCUT2D eigenvalue weighted by Gasteiger charge is 2.39. The Labute approximate surface area is 248 Å². The maximum absolute atomic E-state index is 15.6. The number of aromatic nitrogens is 3. The largest absolute Gasteiger partial charge is 0.471 e. The van der Waals surface area contributed by atoms with Crippen molar-refractivity contribution >= 4 is 27.1 Å². The Bertz CT molecular complexity index is 1820. The molecule has 4 aromatic rings. The van der Waals surface area contributed by atoms with Crippen LogP contribution in [-0.4, -0.2) is 67.5 Å². The Morgan fingerprint density at radius 1 is 1.02 bits per heavy atom. The molecule has 0 spiro atoms. The van der Waals surface area contributed by atoms with Gasteiger partial charge in [0.15, 0.2) is 9.84 Å². The van der Waals surface area contributed by atoms with Crippen LogP contribution < -0.4 is 15.5 Å². The summed E-state index contributed by atoms with van der Waals surface area (Å²) in [6.07, 6.45) is -1.72. The van der Waals surface area contributed by atoms with E-state index in [-0.39, 0.29) is 34.1 Å². The van der Waals surface area contributed by atoms with Gasteiger partial charge in [0, 0.05) is 36.0 Å². The number of benzene rings is 2. The summed E-state index contributed by atoms with van der Waals surface area (Å²) in [6.45, 7) is 2.11. The van der Waals surface area contributed by atoms with E-state index in [1.807, 2.05) is 4.90 Å². The standard InChI is InChI=1S/C28H24F4N6O5S/c29-21-11-24-23(10-20(21)18-9-19(13-34-12-18)37-5-7-42-8-6-37)38(26(39)22(33)15-44(24,40)41)14-16-1-3-17(4-2-16)25-35-27(43-36-25)28(30,31)32/h1-4,9-13,22H,5-8,14-15,33H2/t22-/m0/s1. The van der Waals surface area contributed by atoms with E-state index in [0.29, 0.717) is 37.4 Å². The number of nitrogens with two attached hydrogens (primary N) is 1. The van der Waals surface area contributed by atoms with Gasteiger partial charge in [-0.05, 0) is 23.8 Å². The zero-order chi connectivity index (χ0) is 31.2. The van der Waals surface area contributed by atoms with Crippen LogP contribution in [0.4, 0.5) is 28.9 Å². The van der Waals surface area contributed by atoms with Crippen molar-refractivity contribution in [3.05, 3.63) is 72.1 Å². The molecule has 0 unspecified atom stereocenters. The van der Waals surface area contributed by atoms with E-state index in [1.165, 1.54) is 36.5 Å². The van der Waals surface area contributed by atoms with E-state index >= 15 is 4.39 Å². The van der Waals surface area contributed by atoms with Gasteiger partial charge in [0.25, 0.3) is 0 Å². The number of anilines is 2. The van der Waals surface area contributed by atoms with Crippen LogP contribution in [-0.2, 0) is 32.1 Å². The lowest BCUT2D eigenvalue weighted by Gasteiger charge is -2.29. The second-order valence-electron chi connectivity index (χ2n) is 10.3. The van der Waals surface area contributed by atoms with E-state index in [1.54, 1.807) is 12.3 Å². The highest BCUT2D eigenvalue weighted by Crippen LogP contribution is 2.38. The van der Waals surface area contributed by atoms with Gasteiger partial charge in [-0.25, -0.2) is 12.8 Å². The van der Waals surface area contributed by atoms with Crippen LogP contribution in [0.2, 0.25) is 0 Å². The lowest BCUT2D eigenvalue weighted by atomic mass is 10.0. The van der Waals surface area contributed by atoms with Gasteiger partial charge in [-0.2, -0.15) is 18.2 Å². The molecule has 1 saturated heterocycles. The third kappa shape index (κ3) is 5.75. The number of amides is 1. The minimum Gasteiger partial charge on any atom is -0.378 e. The minimum absolute atomic E-state index is 0.0303. The minimum atomic E-state index is -4.80. The number of rotatable bonds is 5. The average molecular weight is 633 g/mol. The number of hydrogen-bond acceptors (Lipinski definition) is 10. The number of sulfone groups is 1. The number of carbonyl (C=O) groups is 1. The van der Waals surface area contributed by atoms with Gasteiger partial charge < -0.3 is 24.8 Å². The number of ether oxygens (including phenoxy) is 1. The van der Waals surface area contributed by atoms with Crippen LogP contribution in [0, 0.1) is 5.82 Å². The molecule has 44 heavy (non-hydrogen) atoms. The summed E-state index contributed by atoms with van der Waals surface area (Å²) >= 11 is 0. The molecule has 0 radical (unpaired) electrons. The summed E-state index contributed by atoms with van der Waals surface area (Å²) in [5, 5.41) is 3.36. The fourth-order valence-electron chi connectivity index (χ4n) is 5.07. The molecule has 0 saturated carbocycles. The Morgan fingerprint density at radius 2 is 1.75 bits per heavy atom. The predicted octanol–water partition coefficient (Wildman–Crippen LogP) is 3.44. The molecule has 6 rings (SSSR count). The molecule has 2 aromatic carbocycles. The molecular weight excluding hydrogens is 608 g/mol. The number of nitrogens with zero attached hydrogens (tertiary/aromatic N) is 5. The first kappa shape index (κ1) is 29.7. The van der Waals surface area contributed by atoms with Crippen molar-refractivity contribution < 1.29 is 40.0 Å². The topological polar surface area (TPSA) is 145 Å².